The van der Waals surface area contributed by atoms with Gasteiger partial charge in [-0.05, 0) is 25.1 Å². The molecule has 0 aliphatic rings. The molecule has 2 heterocycles. The zero-order chi connectivity index (χ0) is 20.3. The number of para-hydroxylation sites is 1. The molecule has 11 heteroatoms. The van der Waals surface area contributed by atoms with E-state index in [1.165, 1.54) is 17.7 Å². The molecule has 0 atom stereocenters. The fourth-order valence-electron chi connectivity index (χ4n) is 2.51. The molecule has 0 spiro atoms. The number of carbonyl (C=O) groups is 2. The first-order valence-electron chi connectivity index (χ1n) is 8.09. The van der Waals surface area contributed by atoms with Gasteiger partial charge < -0.3 is 18.5 Å². The van der Waals surface area contributed by atoms with Crippen molar-refractivity contribution in [2.75, 3.05) is 13.7 Å². The molecule has 0 aliphatic carbocycles. The summed E-state index contributed by atoms with van der Waals surface area (Å²) < 4.78 is 17.5. The van der Waals surface area contributed by atoms with Gasteiger partial charge >= 0.3 is 17.8 Å². The van der Waals surface area contributed by atoms with Crippen molar-refractivity contribution in [1.82, 2.24) is 4.57 Å². The lowest BCUT2D eigenvalue weighted by atomic mass is 10.3. The highest BCUT2D eigenvalue weighted by Crippen LogP contribution is 2.27. The third-order valence-electron chi connectivity index (χ3n) is 3.66. The summed E-state index contributed by atoms with van der Waals surface area (Å²) >= 11 is 1.16. The molecule has 0 bridgehead atoms. The molecule has 1 amide bonds. The van der Waals surface area contributed by atoms with Gasteiger partial charge in [0, 0.05) is 0 Å². The lowest BCUT2D eigenvalue weighted by molar-refractivity contribution is -0.402. The van der Waals surface area contributed by atoms with Crippen LogP contribution in [0, 0.1) is 10.1 Å². The third kappa shape index (κ3) is 3.78. The smallest absolute Gasteiger partial charge is 0.433 e. The number of esters is 1. The number of benzene rings is 1. The first kappa shape index (κ1) is 19.3. The van der Waals surface area contributed by atoms with Gasteiger partial charge in [-0.3, -0.25) is 19.7 Å². The molecule has 0 radical (unpaired) electrons. The zero-order valence-corrected chi connectivity index (χ0v) is 15.7. The molecular formula is C17H15N3O7S. The van der Waals surface area contributed by atoms with Gasteiger partial charge in [0.1, 0.15) is 22.7 Å². The van der Waals surface area contributed by atoms with Crippen molar-refractivity contribution >= 4 is 39.3 Å². The van der Waals surface area contributed by atoms with Crippen molar-refractivity contribution in [3.8, 4) is 5.75 Å². The van der Waals surface area contributed by atoms with Crippen LogP contribution in [0.1, 0.15) is 17.5 Å². The van der Waals surface area contributed by atoms with Gasteiger partial charge in [0.05, 0.1) is 24.5 Å². The molecule has 0 aliphatic heterocycles. The molecule has 0 saturated carbocycles. The monoisotopic (exact) mass is 405 g/mol. The summed E-state index contributed by atoms with van der Waals surface area (Å²) in [6.07, 6.45) is 0. The number of thiazole rings is 1. The lowest BCUT2D eigenvalue weighted by Gasteiger charge is -2.08. The largest absolute Gasteiger partial charge is 0.495 e. The van der Waals surface area contributed by atoms with E-state index in [1.54, 1.807) is 25.1 Å². The number of methoxy groups -OCH3 is 1. The Labute approximate surface area is 161 Å². The quantitative estimate of drug-likeness (QED) is 0.350. The van der Waals surface area contributed by atoms with Gasteiger partial charge in [0.15, 0.2) is 4.80 Å². The number of nitrogens with zero attached hydrogens (tertiary/aromatic N) is 3. The highest BCUT2D eigenvalue weighted by atomic mass is 32.1. The molecule has 10 nitrogen and oxygen atoms in total. The molecule has 2 aromatic heterocycles. The fourth-order valence-corrected chi connectivity index (χ4v) is 3.56. The molecule has 1 aromatic carbocycles. The number of fused-ring (bicyclic) bond motifs is 1. The van der Waals surface area contributed by atoms with E-state index < -0.39 is 22.7 Å². The number of hydrogen-bond acceptors (Lipinski definition) is 8. The van der Waals surface area contributed by atoms with Gasteiger partial charge in [0.2, 0.25) is 5.76 Å². The van der Waals surface area contributed by atoms with Crippen molar-refractivity contribution in [1.29, 1.82) is 0 Å². The molecule has 3 aromatic rings. The Hall–Kier alpha value is -3.47. The van der Waals surface area contributed by atoms with Crippen LogP contribution in [0.5, 0.6) is 5.75 Å². The standard InChI is InChI=1S/C17H15N3O7S/c1-3-26-14(21)9-19-15-10(25-2)5-4-6-12(15)28-17(19)18-16(22)11-7-8-13(27-11)20(23)24/h4-8H,3,9H2,1-2H3. The van der Waals surface area contributed by atoms with E-state index in [2.05, 4.69) is 4.99 Å². The number of nitro groups is 1. The van der Waals surface area contributed by atoms with Gasteiger partial charge in [-0.15, -0.1) is 0 Å². The highest BCUT2D eigenvalue weighted by Gasteiger charge is 2.19. The number of aromatic nitrogens is 1. The van der Waals surface area contributed by atoms with Crippen molar-refractivity contribution < 1.29 is 28.4 Å². The lowest BCUT2D eigenvalue weighted by Crippen LogP contribution is -2.23. The second kappa shape index (κ2) is 8.05. The number of carbonyl (C=O) groups excluding carboxylic acids is 2. The summed E-state index contributed by atoms with van der Waals surface area (Å²) in [5, 5.41) is 10.7. The van der Waals surface area contributed by atoms with Gasteiger partial charge in [-0.2, -0.15) is 4.99 Å². The van der Waals surface area contributed by atoms with Crippen LogP contribution in [0.4, 0.5) is 5.88 Å². The third-order valence-corrected chi connectivity index (χ3v) is 4.70. The summed E-state index contributed by atoms with van der Waals surface area (Å²) in [4.78, 5) is 38.6. The van der Waals surface area contributed by atoms with Gasteiger partial charge in [-0.1, -0.05) is 17.4 Å². The first-order chi connectivity index (χ1) is 13.4. The SMILES string of the molecule is CCOC(=O)Cn1c(=NC(=O)c2ccc([N+](=O)[O-])o2)sc2cccc(OC)c21. The average molecular weight is 405 g/mol. The molecule has 146 valence electrons. The van der Waals surface area contributed by atoms with E-state index in [4.69, 9.17) is 13.9 Å². The minimum absolute atomic E-state index is 0.182. The van der Waals surface area contributed by atoms with Crippen LogP contribution in [0.3, 0.4) is 0 Å². The van der Waals surface area contributed by atoms with E-state index >= 15 is 0 Å². The van der Waals surface area contributed by atoms with Crippen LogP contribution in [0.25, 0.3) is 10.2 Å². The van der Waals surface area contributed by atoms with Crippen molar-refractivity contribution in [2.45, 2.75) is 13.5 Å². The molecular weight excluding hydrogens is 390 g/mol. The molecule has 0 N–H and O–H groups in total. The first-order valence-corrected chi connectivity index (χ1v) is 8.91. The van der Waals surface area contributed by atoms with Gasteiger partial charge in [0.25, 0.3) is 0 Å². The molecule has 28 heavy (non-hydrogen) atoms. The van der Waals surface area contributed by atoms with Crippen molar-refractivity contribution in [2.24, 2.45) is 4.99 Å². The topological polar surface area (TPSA) is 126 Å². The Morgan fingerprint density at radius 1 is 1.32 bits per heavy atom. The molecule has 3 rings (SSSR count). The Morgan fingerprint density at radius 2 is 2.11 bits per heavy atom. The molecule has 0 saturated heterocycles. The maximum atomic E-state index is 12.4. The number of furan rings is 1. The normalized spacial score (nSPS) is 11.6. The predicted octanol–water partition coefficient (Wildman–Crippen LogP) is 2.52. The maximum absolute atomic E-state index is 12.4. The molecule has 0 unspecified atom stereocenters. The predicted molar refractivity (Wildman–Crippen MR) is 98.3 cm³/mol. The van der Waals surface area contributed by atoms with E-state index in [-0.39, 0.29) is 23.7 Å². The van der Waals surface area contributed by atoms with Crippen LogP contribution >= 0.6 is 11.3 Å². The van der Waals surface area contributed by atoms with Crippen molar-refractivity contribution in [3.05, 3.63) is 51.0 Å². The zero-order valence-electron chi connectivity index (χ0n) is 14.9. The number of amides is 1. The number of hydrogen-bond donors (Lipinski definition) is 0. The van der Waals surface area contributed by atoms with Crippen LogP contribution in [-0.4, -0.2) is 35.1 Å². The summed E-state index contributed by atoms with van der Waals surface area (Å²) in [5.41, 5.74) is 0.583. The fraction of sp³-hybridized carbons (Fsp3) is 0.235. The van der Waals surface area contributed by atoms with E-state index in [0.717, 1.165) is 22.1 Å². The molecule has 0 fully saturated rings. The summed E-state index contributed by atoms with van der Waals surface area (Å²) in [6, 6.07) is 7.54. The minimum atomic E-state index is -0.809. The second-order valence-corrected chi connectivity index (χ2v) is 6.40. The Balaban J connectivity index is 2.12. The minimum Gasteiger partial charge on any atom is -0.495 e. The Kier molecular flexibility index (Phi) is 5.54. The van der Waals surface area contributed by atoms with Crippen LogP contribution in [0.2, 0.25) is 0 Å². The second-order valence-electron chi connectivity index (χ2n) is 5.39. The number of rotatable bonds is 6. The summed E-state index contributed by atoms with van der Waals surface area (Å²) in [5.74, 6) is -1.65. The van der Waals surface area contributed by atoms with Crippen LogP contribution in [0.15, 0.2) is 39.7 Å². The van der Waals surface area contributed by atoms with Crippen LogP contribution < -0.4 is 9.54 Å². The maximum Gasteiger partial charge on any atom is 0.433 e. The number of ether oxygens (including phenoxy) is 2. The van der Waals surface area contributed by atoms with Crippen LogP contribution in [-0.2, 0) is 16.1 Å². The summed E-state index contributed by atoms with van der Waals surface area (Å²) in [7, 11) is 1.49. The van der Waals surface area contributed by atoms with E-state index in [0.29, 0.717) is 11.3 Å². The van der Waals surface area contributed by atoms with E-state index in [9.17, 15) is 19.7 Å². The Morgan fingerprint density at radius 3 is 2.75 bits per heavy atom. The highest BCUT2D eigenvalue weighted by molar-refractivity contribution is 7.16. The average Bonchev–Trinajstić information content (AvgIpc) is 3.28. The van der Waals surface area contributed by atoms with E-state index in [1.807, 2.05) is 0 Å². The summed E-state index contributed by atoms with van der Waals surface area (Å²) in [6.45, 7) is 1.71. The Bertz CT molecular complexity index is 1130. The van der Waals surface area contributed by atoms with Gasteiger partial charge in [-0.25, -0.2) is 0 Å². The van der Waals surface area contributed by atoms with Crippen molar-refractivity contribution in [3.63, 3.8) is 0 Å².